The Kier molecular flexibility index (Phi) is 5.37. The Labute approximate surface area is 101 Å². The van der Waals surface area contributed by atoms with E-state index in [1.165, 1.54) is 0 Å². The van der Waals surface area contributed by atoms with E-state index >= 15 is 0 Å². The Morgan fingerprint density at radius 2 is 2.06 bits per heavy atom. The SMILES string of the molecule is C=C(/C=C/c1ccccc1)NNC(=O)OCC. The molecule has 0 saturated heterocycles. The van der Waals surface area contributed by atoms with E-state index in [1.807, 2.05) is 36.4 Å². The second-order valence-electron chi connectivity index (χ2n) is 3.24. The number of ether oxygens (including phenoxy) is 1. The highest BCUT2D eigenvalue weighted by Crippen LogP contribution is 2.02. The van der Waals surface area contributed by atoms with Crippen molar-refractivity contribution in [2.45, 2.75) is 6.92 Å². The summed E-state index contributed by atoms with van der Waals surface area (Å²) >= 11 is 0. The van der Waals surface area contributed by atoms with Crippen LogP contribution in [0, 0.1) is 0 Å². The first-order valence-electron chi connectivity index (χ1n) is 5.33. The number of rotatable bonds is 5. The molecule has 2 N–H and O–H groups in total. The molecule has 0 aliphatic rings. The lowest BCUT2D eigenvalue weighted by atomic mass is 10.2. The van der Waals surface area contributed by atoms with Crippen molar-refractivity contribution in [2.75, 3.05) is 6.61 Å². The van der Waals surface area contributed by atoms with E-state index < -0.39 is 6.09 Å². The highest BCUT2D eigenvalue weighted by molar-refractivity contribution is 5.66. The van der Waals surface area contributed by atoms with Crippen molar-refractivity contribution in [3.63, 3.8) is 0 Å². The fourth-order valence-electron chi connectivity index (χ4n) is 1.10. The van der Waals surface area contributed by atoms with Gasteiger partial charge in [0.15, 0.2) is 0 Å². The van der Waals surface area contributed by atoms with Gasteiger partial charge >= 0.3 is 6.09 Å². The van der Waals surface area contributed by atoms with E-state index in [9.17, 15) is 4.79 Å². The molecular weight excluding hydrogens is 216 g/mol. The topological polar surface area (TPSA) is 50.4 Å². The molecule has 0 atom stereocenters. The number of allylic oxidation sites excluding steroid dienone is 1. The molecule has 1 aromatic carbocycles. The molecular formula is C13H16N2O2. The monoisotopic (exact) mass is 232 g/mol. The van der Waals surface area contributed by atoms with Crippen LogP contribution >= 0.6 is 0 Å². The van der Waals surface area contributed by atoms with Crippen LogP contribution in [-0.4, -0.2) is 12.7 Å². The molecule has 0 aliphatic heterocycles. The van der Waals surface area contributed by atoms with Gasteiger partial charge in [0.25, 0.3) is 0 Å². The summed E-state index contributed by atoms with van der Waals surface area (Å²) in [6.07, 6.45) is 3.13. The summed E-state index contributed by atoms with van der Waals surface area (Å²) in [6.45, 7) is 5.81. The third kappa shape index (κ3) is 5.41. The zero-order valence-corrected chi connectivity index (χ0v) is 9.77. The molecule has 0 bridgehead atoms. The minimum Gasteiger partial charge on any atom is -0.449 e. The number of benzene rings is 1. The fourth-order valence-corrected chi connectivity index (χ4v) is 1.10. The molecule has 1 aromatic rings. The van der Waals surface area contributed by atoms with E-state index in [4.69, 9.17) is 0 Å². The Hall–Kier alpha value is -2.23. The summed E-state index contributed by atoms with van der Waals surface area (Å²) in [6, 6.07) is 9.80. The van der Waals surface area contributed by atoms with Gasteiger partial charge in [0.05, 0.1) is 6.61 Å². The normalized spacial score (nSPS) is 9.94. The standard InChI is InChI=1S/C13H16N2O2/c1-3-17-13(16)15-14-11(2)9-10-12-7-5-4-6-8-12/h4-10,14H,2-3H2,1H3,(H,15,16)/b10-9+. The van der Waals surface area contributed by atoms with Crippen LogP contribution in [0.25, 0.3) is 6.08 Å². The van der Waals surface area contributed by atoms with Gasteiger partial charge in [0.1, 0.15) is 0 Å². The zero-order valence-electron chi connectivity index (χ0n) is 9.77. The maximum Gasteiger partial charge on any atom is 0.425 e. The molecule has 0 unspecified atom stereocenters. The Morgan fingerprint density at radius 3 is 2.71 bits per heavy atom. The van der Waals surface area contributed by atoms with Crippen LogP contribution in [0.3, 0.4) is 0 Å². The average Bonchev–Trinajstić information content (AvgIpc) is 2.35. The van der Waals surface area contributed by atoms with Gasteiger partial charge in [0, 0.05) is 5.70 Å². The van der Waals surface area contributed by atoms with Crippen LogP contribution in [0.5, 0.6) is 0 Å². The van der Waals surface area contributed by atoms with Crippen LogP contribution in [0.4, 0.5) is 4.79 Å². The highest BCUT2D eigenvalue weighted by atomic mass is 16.5. The van der Waals surface area contributed by atoms with Gasteiger partial charge in [-0.2, -0.15) is 0 Å². The summed E-state index contributed by atoms with van der Waals surface area (Å²) in [5.74, 6) is 0. The number of hydrogen-bond acceptors (Lipinski definition) is 3. The first kappa shape index (κ1) is 12.8. The van der Waals surface area contributed by atoms with Crippen molar-refractivity contribution in [2.24, 2.45) is 0 Å². The van der Waals surface area contributed by atoms with Gasteiger partial charge in [-0.1, -0.05) is 43.0 Å². The predicted molar refractivity (Wildman–Crippen MR) is 67.9 cm³/mol. The van der Waals surface area contributed by atoms with E-state index in [0.717, 1.165) is 5.56 Å². The molecule has 1 amide bonds. The van der Waals surface area contributed by atoms with Gasteiger partial charge < -0.3 is 4.74 Å². The van der Waals surface area contributed by atoms with Crippen molar-refractivity contribution < 1.29 is 9.53 Å². The quantitative estimate of drug-likeness (QED) is 0.605. The fraction of sp³-hybridized carbons (Fsp3) is 0.154. The Morgan fingerprint density at radius 1 is 1.35 bits per heavy atom. The lowest BCUT2D eigenvalue weighted by Gasteiger charge is -2.07. The zero-order chi connectivity index (χ0) is 12.5. The molecule has 0 fully saturated rings. The maximum atomic E-state index is 11.0. The molecule has 90 valence electrons. The van der Waals surface area contributed by atoms with Crippen molar-refractivity contribution in [1.29, 1.82) is 0 Å². The lowest BCUT2D eigenvalue weighted by molar-refractivity contribution is 0.149. The molecule has 0 heterocycles. The van der Waals surface area contributed by atoms with Crippen LogP contribution in [0.1, 0.15) is 12.5 Å². The van der Waals surface area contributed by atoms with E-state index in [-0.39, 0.29) is 0 Å². The minimum atomic E-state index is -0.526. The van der Waals surface area contributed by atoms with Crippen molar-refractivity contribution in [3.8, 4) is 0 Å². The predicted octanol–water partition coefficient (Wildman–Crippen LogP) is 2.46. The second kappa shape index (κ2) is 7.11. The third-order valence-electron chi connectivity index (χ3n) is 1.88. The summed E-state index contributed by atoms with van der Waals surface area (Å²) in [5, 5.41) is 0. The molecule has 0 radical (unpaired) electrons. The van der Waals surface area contributed by atoms with E-state index in [0.29, 0.717) is 12.3 Å². The number of nitrogens with one attached hydrogen (secondary N) is 2. The second-order valence-corrected chi connectivity index (χ2v) is 3.24. The van der Waals surface area contributed by atoms with Crippen LogP contribution in [0.15, 0.2) is 48.7 Å². The van der Waals surface area contributed by atoms with Crippen molar-refractivity contribution in [1.82, 2.24) is 10.9 Å². The van der Waals surface area contributed by atoms with E-state index in [1.54, 1.807) is 13.0 Å². The van der Waals surface area contributed by atoms with Gasteiger partial charge in [-0.3, -0.25) is 5.43 Å². The summed E-state index contributed by atoms with van der Waals surface area (Å²) in [7, 11) is 0. The van der Waals surface area contributed by atoms with Crippen LogP contribution in [0.2, 0.25) is 0 Å². The molecule has 0 aliphatic carbocycles. The van der Waals surface area contributed by atoms with Crippen molar-refractivity contribution in [3.05, 3.63) is 54.2 Å². The average molecular weight is 232 g/mol. The minimum absolute atomic E-state index is 0.333. The van der Waals surface area contributed by atoms with Crippen LogP contribution < -0.4 is 10.9 Å². The maximum absolute atomic E-state index is 11.0. The first-order chi connectivity index (χ1) is 8.22. The molecule has 0 spiro atoms. The smallest absolute Gasteiger partial charge is 0.425 e. The van der Waals surface area contributed by atoms with Gasteiger partial charge in [-0.05, 0) is 18.6 Å². The summed E-state index contributed by atoms with van der Waals surface area (Å²) < 4.78 is 4.68. The van der Waals surface area contributed by atoms with Gasteiger partial charge in [0.2, 0.25) is 0 Å². The highest BCUT2D eigenvalue weighted by Gasteiger charge is 1.97. The number of carbonyl (C=O) groups is 1. The first-order valence-corrected chi connectivity index (χ1v) is 5.33. The van der Waals surface area contributed by atoms with Crippen LogP contribution in [-0.2, 0) is 4.74 Å². The van der Waals surface area contributed by atoms with Gasteiger partial charge in [-0.25, -0.2) is 10.2 Å². The van der Waals surface area contributed by atoms with E-state index in [2.05, 4.69) is 22.2 Å². The molecule has 1 rings (SSSR count). The van der Waals surface area contributed by atoms with Crippen molar-refractivity contribution >= 4 is 12.2 Å². The molecule has 4 nitrogen and oxygen atoms in total. The molecule has 4 heteroatoms. The third-order valence-corrected chi connectivity index (χ3v) is 1.88. The Balaban J connectivity index is 2.35. The molecule has 17 heavy (non-hydrogen) atoms. The number of hydrogen-bond donors (Lipinski definition) is 2. The number of amides is 1. The summed E-state index contributed by atoms with van der Waals surface area (Å²) in [5.41, 5.74) is 6.62. The Bertz CT molecular complexity index is 399. The van der Waals surface area contributed by atoms with Gasteiger partial charge in [-0.15, -0.1) is 0 Å². The lowest BCUT2D eigenvalue weighted by Crippen LogP contribution is -2.36. The molecule has 0 saturated carbocycles. The number of hydrazine groups is 1. The summed E-state index contributed by atoms with van der Waals surface area (Å²) in [4.78, 5) is 11.0. The largest absolute Gasteiger partial charge is 0.449 e. The molecule has 0 aromatic heterocycles. The number of carbonyl (C=O) groups excluding carboxylic acids is 1.